The van der Waals surface area contributed by atoms with Gasteiger partial charge >= 0.3 is 0 Å². The van der Waals surface area contributed by atoms with Crippen LogP contribution in [0, 0.1) is 0 Å². The minimum absolute atomic E-state index is 0.480. The summed E-state index contributed by atoms with van der Waals surface area (Å²) in [5.74, 6) is 1.47. The highest BCUT2D eigenvalue weighted by Gasteiger charge is 2.16. The summed E-state index contributed by atoms with van der Waals surface area (Å²) in [7, 11) is 3.92. The molecule has 0 aromatic carbocycles. The lowest BCUT2D eigenvalue weighted by Gasteiger charge is -2.33. The van der Waals surface area contributed by atoms with Crippen LogP contribution >= 0.6 is 11.6 Å². The number of halogens is 1. The molecule has 88 valence electrons. The van der Waals surface area contributed by atoms with Gasteiger partial charge in [0.25, 0.3) is 0 Å². The number of nitrogens with zero attached hydrogens (tertiary/aromatic N) is 4. The van der Waals surface area contributed by atoms with E-state index in [0.29, 0.717) is 11.1 Å². The fraction of sp³-hybridized carbons (Fsp3) is 0.600. The van der Waals surface area contributed by atoms with Crippen molar-refractivity contribution in [2.24, 2.45) is 0 Å². The van der Waals surface area contributed by atoms with Gasteiger partial charge in [-0.05, 0) is 7.05 Å². The van der Waals surface area contributed by atoms with E-state index in [1.54, 1.807) is 7.05 Å². The minimum Gasteiger partial charge on any atom is -0.357 e. The fourth-order valence-corrected chi connectivity index (χ4v) is 1.89. The fourth-order valence-electron chi connectivity index (χ4n) is 1.72. The standard InChI is InChI=1S/C10H16ClN5/c1-12-10-13-8(11)7-9(14-10)16-5-3-15(2)4-6-16/h7H,3-6H2,1-2H3,(H,12,13,14). The molecule has 0 saturated carbocycles. The number of piperazine rings is 1. The molecule has 1 aliphatic heterocycles. The van der Waals surface area contributed by atoms with Crippen molar-refractivity contribution in [3.05, 3.63) is 11.2 Å². The van der Waals surface area contributed by atoms with Gasteiger partial charge in [0.1, 0.15) is 11.0 Å². The first kappa shape index (κ1) is 11.4. The Labute approximate surface area is 100 Å². The summed E-state index contributed by atoms with van der Waals surface area (Å²) in [6.07, 6.45) is 0. The van der Waals surface area contributed by atoms with Crippen molar-refractivity contribution >= 4 is 23.4 Å². The van der Waals surface area contributed by atoms with Gasteiger partial charge in [-0.15, -0.1) is 0 Å². The van der Waals surface area contributed by atoms with Gasteiger partial charge in [0.2, 0.25) is 5.95 Å². The maximum Gasteiger partial charge on any atom is 0.225 e. The molecule has 0 radical (unpaired) electrons. The molecule has 2 rings (SSSR count). The van der Waals surface area contributed by atoms with E-state index in [9.17, 15) is 0 Å². The molecule has 1 aromatic rings. The van der Waals surface area contributed by atoms with Crippen LogP contribution in [-0.2, 0) is 0 Å². The Morgan fingerprint density at radius 1 is 1.25 bits per heavy atom. The topological polar surface area (TPSA) is 44.3 Å². The average Bonchev–Trinajstić information content (AvgIpc) is 2.29. The van der Waals surface area contributed by atoms with E-state index >= 15 is 0 Å². The van der Waals surface area contributed by atoms with Gasteiger partial charge in [-0.3, -0.25) is 0 Å². The summed E-state index contributed by atoms with van der Waals surface area (Å²) in [5.41, 5.74) is 0. The van der Waals surface area contributed by atoms with Crippen molar-refractivity contribution in [3.63, 3.8) is 0 Å². The lowest BCUT2D eigenvalue weighted by molar-refractivity contribution is 0.312. The van der Waals surface area contributed by atoms with Crippen LogP contribution in [0.5, 0.6) is 0 Å². The highest BCUT2D eigenvalue weighted by molar-refractivity contribution is 6.29. The SMILES string of the molecule is CNc1nc(Cl)cc(N2CCN(C)CC2)n1. The van der Waals surface area contributed by atoms with Crippen molar-refractivity contribution in [3.8, 4) is 0 Å². The van der Waals surface area contributed by atoms with E-state index in [1.807, 2.05) is 6.07 Å². The van der Waals surface area contributed by atoms with Crippen molar-refractivity contribution in [1.29, 1.82) is 0 Å². The van der Waals surface area contributed by atoms with E-state index < -0.39 is 0 Å². The number of aromatic nitrogens is 2. The maximum atomic E-state index is 5.95. The summed E-state index contributed by atoms with van der Waals surface area (Å²) in [4.78, 5) is 13.0. The molecule has 1 aromatic heterocycles. The number of rotatable bonds is 2. The molecule has 0 spiro atoms. The summed E-state index contributed by atoms with van der Waals surface area (Å²) in [5, 5.41) is 3.39. The summed E-state index contributed by atoms with van der Waals surface area (Å²) >= 11 is 5.95. The normalized spacial score (nSPS) is 17.6. The van der Waals surface area contributed by atoms with Gasteiger partial charge in [0.05, 0.1) is 0 Å². The molecule has 1 saturated heterocycles. The Morgan fingerprint density at radius 2 is 1.94 bits per heavy atom. The van der Waals surface area contributed by atoms with Crippen molar-refractivity contribution in [1.82, 2.24) is 14.9 Å². The monoisotopic (exact) mass is 241 g/mol. The van der Waals surface area contributed by atoms with Gasteiger partial charge in [-0.25, -0.2) is 4.98 Å². The van der Waals surface area contributed by atoms with Crippen LogP contribution in [-0.4, -0.2) is 55.1 Å². The zero-order valence-electron chi connectivity index (χ0n) is 9.57. The van der Waals surface area contributed by atoms with Gasteiger partial charge in [0, 0.05) is 39.3 Å². The second kappa shape index (κ2) is 4.84. The highest BCUT2D eigenvalue weighted by atomic mass is 35.5. The zero-order chi connectivity index (χ0) is 11.5. The number of hydrogen-bond acceptors (Lipinski definition) is 5. The van der Waals surface area contributed by atoms with E-state index in [1.165, 1.54) is 0 Å². The minimum atomic E-state index is 0.480. The predicted octanol–water partition coefficient (Wildman–Crippen LogP) is 0.923. The van der Waals surface area contributed by atoms with E-state index in [-0.39, 0.29) is 0 Å². The highest BCUT2D eigenvalue weighted by Crippen LogP contribution is 2.19. The third-order valence-corrected chi connectivity index (χ3v) is 2.93. The van der Waals surface area contributed by atoms with Crippen LogP contribution < -0.4 is 10.2 Å². The second-order valence-electron chi connectivity index (χ2n) is 3.91. The Balaban J connectivity index is 2.16. The molecule has 1 aliphatic rings. The number of nitrogens with one attached hydrogen (secondary N) is 1. The van der Waals surface area contributed by atoms with Crippen LogP contribution in [0.15, 0.2) is 6.07 Å². The van der Waals surface area contributed by atoms with E-state index in [0.717, 1.165) is 32.0 Å². The van der Waals surface area contributed by atoms with Gasteiger partial charge < -0.3 is 15.1 Å². The average molecular weight is 242 g/mol. The molecule has 0 atom stereocenters. The molecular weight excluding hydrogens is 226 g/mol. The Morgan fingerprint density at radius 3 is 2.56 bits per heavy atom. The third kappa shape index (κ3) is 2.54. The molecule has 0 unspecified atom stereocenters. The van der Waals surface area contributed by atoms with E-state index in [4.69, 9.17) is 11.6 Å². The summed E-state index contributed by atoms with van der Waals surface area (Å²) < 4.78 is 0. The van der Waals surface area contributed by atoms with Crippen LogP contribution in [0.1, 0.15) is 0 Å². The molecule has 0 bridgehead atoms. The second-order valence-corrected chi connectivity index (χ2v) is 4.30. The Bertz CT molecular complexity index is 362. The first-order valence-electron chi connectivity index (χ1n) is 5.35. The van der Waals surface area contributed by atoms with Gasteiger partial charge in [0.15, 0.2) is 0 Å². The molecule has 0 amide bonds. The lowest BCUT2D eigenvalue weighted by Crippen LogP contribution is -2.44. The Kier molecular flexibility index (Phi) is 3.46. The van der Waals surface area contributed by atoms with Gasteiger partial charge in [-0.1, -0.05) is 11.6 Å². The number of anilines is 2. The third-order valence-electron chi connectivity index (χ3n) is 2.73. The van der Waals surface area contributed by atoms with Crippen LogP contribution in [0.2, 0.25) is 5.15 Å². The molecule has 2 heterocycles. The smallest absolute Gasteiger partial charge is 0.225 e. The molecule has 1 fully saturated rings. The van der Waals surface area contributed by atoms with Crippen LogP contribution in [0.3, 0.4) is 0 Å². The molecule has 16 heavy (non-hydrogen) atoms. The summed E-state index contributed by atoms with van der Waals surface area (Å²) in [6.45, 7) is 4.06. The van der Waals surface area contributed by atoms with E-state index in [2.05, 4.69) is 32.1 Å². The molecule has 0 aliphatic carbocycles. The molecule has 6 heteroatoms. The van der Waals surface area contributed by atoms with Crippen molar-refractivity contribution in [2.75, 3.05) is 50.5 Å². The van der Waals surface area contributed by atoms with Gasteiger partial charge in [-0.2, -0.15) is 4.98 Å². The Hall–Kier alpha value is -1.07. The number of likely N-dealkylation sites (N-methyl/N-ethyl adjacent to an activating group) is 1. The number of hydrogen-bond donors (Lipinski definition) is 1. The predicted molar refractivity (Wildman–Crippen MR) is 66.3 cm³/mol. The maximum absolute atomic E-state index is 5.95. The zero-order valence-corrected chi connectivity index (χ0v) is 10.3. The van der Waals surface area contributed by atoms with Crippen molar-refractivity contribution in [2.45, 2.75) is 0 Å². The largest absolute Gasteiger partial charge is 0.357 e. The van der Waals surface area contributed by atoms with Crippen LogP contribution in [0.25, 0.3) is 0 Å². The molecular formula is C10H16ClN5. The quantitative estimate of drug-likeness (QED) is 0.781. The summed E-state index contributed by atoms with van der Waals surface area (Å²) in [6, 6.07) is 1.81. The first-order chi connectivity index (χ1) is 7.69. The molecule has 5 nitrogen and oxygen atoms in total. The van der Waals surface area contributed by atoms with Crippen molar-refractivity contribution < 1.29 is 0 Å². The lowest BCUT2D eigenvalue weighted by atomic mass is 10.3. The first-order valence-corrected chi connectivity index (χ1v) is 5.72. The molecule has 1 N–H and O–H groups in total. The van der Waals surface area contributed by atoms with Crippen LogP contribution in [0.4, 0.5) is 11.8 Å².